The molecule has 0 aromatic heterocycles. The summed E-state index contributed by atoms with van der Waals surface area (Å²) < 4.78 is 5.86. The minimum Gasteiger partial charge on any atom is -0.493 e. The lowest BCUT2D eigenvalue weighted by Crippen LogP contribution is -2.12. The third-order valence-corrected chi connectivity index (χ3v) is 3.34. The SMILES string of the molecule is CCC(CC)COc1cc(C(N)=S)ccc1C. The molecule has 0 fully saturated rings. The lowest BCUT2D eigenvalue weighted by atomic mass is 10.1. The molecule has 0 bridgehead atoms. The predicted octanol–water partition coefficient (Wildman–Crippen LogP) is 3.44. The highest BCUT2D eigenvalue weighted by molar-refractivity contribution is 7.80. The van der Waals surface area contributed by atoms with Crippen molar-refractivity contribution in [3.05, 3.63) is 29.3 Å². The van der Waals surface area contributed by atoms with Crippen molar-refractivity contribution >= 4 is 17.2 Å². The number of rotatable bonds is 6. The van der Waals surface area contributed by atoms with Gasteiger partial charge in [0.1, 0.15) is 10.7 Å². The Morgan fingerprint density at radius 1 is 1.35 bits per heavy atom. The first-order chi connectivity index (χ1) is 8.08. The van der Waals surface area contributed by atoms with Crippen LogP contribution in [0.4, 0.5) is 0 Å². The van der Waals surface area contributed by atoms with Gasteiger partial charge in [-0.1, -0.05) is 51.0 Å². The Morgan fingerprint density at radius 3 is 2.53 bits per heavy atom. The van der Waals surface area contributed by atoms with E-state index in [9.17, 15) is 0 Å². The molecule has 1 rings (SSSR count). The molecule has 17 heavy (non-hydrogen) atoms. The van der Waals surface area contributed by atoms with Crippen LogP contribution < -0.4 is 10.5 Å². The van der Waals surface area contributed by atoms with Gasteiger partial charge in [0.2, 0.25) is 0 Å². The molecule has 0 aliphatic rings. The number of nitrogens with two attached hydrogens (primary N) is 1. The molecule has 0 spiro atoms. The van der Waals surface area contributed by atoms with E-state index in [1.807, 2.05) is 25.1 Å². The number of hydrogen-bond donors (Lipinski definition) is 1. The zero-order chi connectivity index (χ0) is 12.8. The minimum atomic E-state index is 0.414. The van der Waals surface area contributed by atoms with Gasteiger partial charge < -0.3 is 10.5 Å². The zero-order valence-electron chi connectivity index (χ0n) is 10.8. The van der Waals surface area contributed by atoms with Crippen LogP contribution in [0.3, 0.4) is 0 Å². The first-order valence-electron chi connectivity index (χ1n) is 6.11. The largest absolute Gasteiger partial charge is 0.493 e. The number of aryl methyl sites for hydroxylation is 1. The topological polar surface area (TPSA) is 35.2 Å². The zero-order valence-corrected chi connectivity index (χ0v) is 11.6. The highest BCUT2D eigenvalue weighted by Crippen LogP contribution is 2.21. The Balaban J connectivity index is 2.75. The molecule has 0 unspecified atom stereocenters. The van der Waals surface area contributed by atoms with Gasteiger partial charge in [-0.25, -0.2) is 0 Å². The van der Waals surface area contributed by atoms with Crippen LogP contribution in [-0.4, -0.2) is 11.6 Å². The van der Waals surface area contributed by atoms with Crippen LogP contribution >= 0.6 is 12.2 Å². The Kier molecular flexibility index (Phi) is 5.42. The van der Waals surface area contributed by atoms with Gasteiger partial charge in [-0.2, -0.15) is 0 Å². The smallest absolute Gasteiger partial charge is 0.122 e. The number of ether oxygens (including phenoxy) is 1. The summed E-state index contributed by atoms with van der Waals surface area (Å²) in [6.45, 7) is 7.17. The van der Waals surface area contributed by atoms with E-state index >= 15 is 0 Å². The Labute approximate surface area is 109 Å². The van der Waals surface area contributed by atoms with Crippen LogP contribution in [0.25, 0.3) is 0 Å². The fourth-order valence-electron chi connectivity index (χ4n) is 1.64. The van der Waals surface area contributed by atoms with Crippen molar-refractivity contribution in [1.82, 2.24) is 0 Å². The molecule has 0 radical (unpaired) electrons. The van der Waals surface area contributed by atoms with E-state index in [4.69, 9.17) is 22.7 Å². The molecule has 2 N–H and O–H groups in total. The maximum atomic E-state index is 5.86. The molecule has 0 saturated heterocycles. The summed E-state index contributed by atoms with van der Waals surface area (Å²) in [7, 11) is 0. The number of hydrogen-bond acceptors (Lipinski definition) is 2. The second-order valence-electron chi connectivity index (χ2n) is 4.34. The van der Waals surface area contributed by atoms with Crippen molar-refractivity contribution in [3.63, 3.8) is 0 Å². The highest BCUT2D eigenvalue weighted by Gasteiger charge is 2.07. The maximum absolute atomic E-state index is 5.86. The summed E-state index contributed by atoms with van der Waals surface area (Å²) in [4.78, 5) is 0.414. The molecule has 0 aliphatic carbocycles. The third-order valence-electron chi connectivity index (χ3n) is 3.10. The van der Waals surface area contributed by atoms with E-state index in [1.165, 1.54) is 0 Å². The maximum Gasteiger partial charge on any atom is 0.122 e. The summed E-state index contributed by atoms with van der Waals surface area (Å²) in [6.07, 6.45) is 2.29. The molecule has 0 atom stereocenters. The van der Waals surface area contributed by atoms with Crippen LogP contribution in [0.5, 0.6) is 5.75 Å². The van der Waals surface area contributed by atoms with Gasteiger partial charge in [-0.3, -0.25) is 0 Å². The first kappa shape index (κ1) is 14.0. The predicted molar refractivity (Wildman–Crippen MR) is 76.6 cm³/mol. The first-order valence-corrected chi connectivity index (χ1v) is 6.52. The van der Waals surface area contributed by atoms with Crippen LogP contribution in [0, 0.1) is 12.8 Å². The quantitative estimate of drug-likeness (QED) is 0.787. The van der Waals surface area contributed by atoms with E-state index in [1.54, 1.807) is 0 Å². The number of thiocarbonyl (C=S) groups is 1. The van der Waals surface area contributed by atoms with E-state index in [2.05, 4.69) is 13.8 Å². The third kappa shape index (κ3) is 4.00. The molecule has 0 aliphatic heterocycles. The van der Waals surface area contributed by atoms with E-state index in [0.29, 0.717) is 10.9 Å². The van der Waals surface area contributed by atoms with E-state index in [-0.39, 0.29) is 0 Å². The van der Waals surface area contributed by atoms with Crippen LogP contribution in [-0.2, 0) is 0 Å². The fraction of sp³-hybridized carbons (Fsp3) is 0.500. The summed E-state index contributed by atoms with van der Waals surface area (Å²) in [6, 6.07) is 5.86. The van der Waals surface area contributed by atoms with Crippen LogP contribution in [0.2, 0.25) is 0 Å². The normalized spacial score (nSPS) is 10.6. The standard InChI is InChI=1S/C14H21NOS/c1-4-11(5-2)9-16-13-8-12(14(15)17)7-6-10(13)3/h6-8,11H,4-5,9H2,1-3H3,(H2,15,17). The Bertz CT molecular complexity index is 386. The summed E-state index contributed by atoms with van der Waals surface area (Å²) in [5, 5.41) is 0. The van der Waals surface area contributed by atoms with Crippen molar-refractivity contribution in [3.8, 4) is 5.75 Å². The van der Waals surface area contributed by atoms with Gasteiger partial charge in [0.15, 0.2) is 0 Å². The Hall–Kier alpha value is -1.09. The van der Waals surface area contributed by atoms with Gasteiger partial charge in [-0.05, 0) is 24.5 Å². The Morgan fingerprint density at radius 2 is 2.00 bits per heavy atom. The minimum absolute atomic E-state index is 0.414. The summed E-state index contributed by atoms with van der Waals surface area (Å²) in [5.41, 5.74) is 7.60. The lowest BCUT2D eigenvalue weighted by molar-refractivity contribution is 0.239. The molecule has 3 heteroatoms. The van der Waals surface area contributed by atoms with Gasteiger partial charge >= 0.3 is 0 Å². The van der Waals surface area contributed by atoms with Crippen molar-refractivity contribution in [2.45, 2.75) is 33.6 Å². The molecule has 1 aromatic rings. The van der Waals surface area contributed by atoms with Crippen molar-refractivity contribution < 1.29 is 4.74 Å². The van der Waals surface area contributed by atoms with Gasteiger partial charge in [0.05, 0.1) is 6.61 Å². The van der Waals surface area contributed by atoms with Crippen LogP contribution in [0.15, 0.2) is 18.2 Å². The van der Waals surface area contributed by atoms with Crippen molar-refractivity contribution in [2.24, 2.45) is 11.7 Å². The molecular formula is C14H21NOS. The monoisotopic (exact) mass is 251 g/mol. The molecule has 1 aromatic carbocycles. The van der Waals surface area contributed by atoms with Crippen molar-refractivity contribution in [2.75, 3.05) is 6.61 Å². The average molecular weight is 251 g/mol. The lowest BCUT2D eigenvalue weighted by Gasteiger charge is -2.15. The van der Waals surface area contributed by atoms with Gasteiger partial charge in [0.25, 0.3) is 0 Å². The molecule has 0 heterocycles. The fourth-order valence-corrected chi connectivity index (χ4v) is 1.77. The van der Waals surface area contributed by atoms with Gasteiger partial charge in [-0.15, -0.1) is 0 Å². The van der Waals surface area contributed by atoms with Crippen LogP contribution in [0.1, 0.15) is 37.8 Å². The highest BCUT2D eigenvalue weighted by atomic mass is 32.1. The summed E-state index contributed by atoms with van der Waals surface area (Å²) >= 11 is 4.97. The molecule has 0 amide bonds. The second kappa shape index (κ2) is 6.60. The molecule has 2 nitrogen and oxygen atoms in total. The molecule has 0 saturated carbocycles. The molecule has 94 valence electrons. The van der Waals surface area contributed by atoms with Crippen molar-refractivity contribution in [1.29, 1.82) is 0 Å². The van der Waals surface area contributed by atoms with E-state index in [0.717, 1.165) is 36.3 Å². The number of benzene rings is 1. The van der Waals surface area contributed by atoms with Gasteiger partial charge in [0, 0.05) is 5.56 Å². The molecular weight excluding hydrogens is 230 g/mol. The second-order valence-corrected chi connectivity index (χ2v) is 4.78. The average Bonchev–Trinajstić information content (AvgIpc) is 2.32. The van der Waals surface area contributed by atoms with E-state index < -0.39 is 0 Å². The summed E-state index contributed by atoms with van der Waals surface area (Å²) in [5.74, 6) is 1.50.